The highest BCUT2D eigenvalue weighted by molar-refractivity contribution is 7.88. The first kappa shape index (κ1) is 12.8. The quantitative estimate of drug-likeness (QED) is 0.867. The Morgan fingerprint density at radius 3 is 2.67 bits per heavy atom. The third-order valence-corrected chi connectivity index (χ3v) is 3.21. The van der Waals surface area contributed by atoms with Gasteiger partial charge in [0, 0.05) is 12.2 Å². The number of nitrogens with zero attached hydrogens (tertiary/aromatic N) is 1. The van der Waals surface area contributed by atoms with Crippen molar-refractivity contribution in [3.05, 3.63) is 30.3 Å². The first-order chi connectivity index (χ1) is 8.46. The fraction of sp³-hybridized carbons (Fsp3) is 0.364. The molecule has 1 saturated heterocycles. The summed E-state index contributed by atoms with van der Waals surface area (Å²) in [5.74, 6) is 0. The van der Waals surface area contributed by atoms with Crippen molar-refractivity contribution in [2.24, 2.45) is 0 Å². The van der Waals surface area contributed by atoms with Crippen molar-refractivity contribution in [1.29, 1.82) is 0 Å². The molecule has 0 spiro atoms. The van der Waals surface area contributed by atoms with Crippen LogP contribution in [0.4, 0.5) is 10.5 Å². The predicted octanol–water partition coefficient (Wildman–Crippen LogP) is 0.561. The number of anilines is 1. The van der Waals surface area contributed by atoms with Crippen LogP contribution >= 0.6 is 0 Å². The molecule has 1 N–H and O–H groups in total. The summed E-state index contributed by atoms with van der Waals surface area (Å²) >= 11 is 0. The van der Waals surface area contributed by atoms with E-state index in [9.17, 15) is 13.2 Å². The highest BCUT2D eigenvalue weighted by atomic mass is 32.2. The van der Waals surface area contributed by atoms with E-state index in [0.29, 0.717) is 6.54 Å². The number of hydrogen-bond donors (Lipinski definition) is 1. The van der Waals surface area contributed by atoms with Gasteiger partial charge in [-0.2, -0.15) is 0 Å². The van der Waals surface area contributed by atoms with Crippen molar-refractivity contribution in [2.45, 2.75) is 6.10 Å². The number of carbonyl (C=O) groups is 1. The molecule has 0 aliphatic carbocycles. The van der Waals surface area contributed by atoms with Crippen molar-refractivity contribution in [2.75, 3.05) is 24.2 Å². The lowest BCUT2D eigenvalue weighted by molar-refractivity contribution is 0.143. The molecule has 7 heteroatoms. The molecular weight excluding hydrogens is 256 g/mol. The number of cyclic esters (lactones) is 1. The minimum absolute atomic E-state index is 0.0912. The van der Waals surface area contributed by atoms with Gasteiger partial charge < -0.3 is 4.74 Å². The largest absolute Gasteiger partial charge is 0.443 e. The molecule has 0 radical (unpaired) electrons. The Kier molecular flexibility index (Phi) is 3.53. The normalized spacial score (nSPS) is 19.9. The second-order valence-corrected chi connectivity index (χ2v) is 5.91. The van der Waals surface area contributed by atoms with Crippen molar-refractivity contribution in [3.63, 3.8) is 0 Å². The van der Waals surface area contributed by atoms with Gasteiger partial charge in [-0.25, -0.2) is 17.9 Å². The Morgan fingerprint density at radius 1 is 1.39 bits per heavy atom. The lowest BCUT2D eigenvalue weighted by atomic mass is 10.3. The van der Waals surface area contributed by atoms with Gasteiger partial charge in [0.2, 0.25) is 10.0 Å². The molecule has 6 nitrogen and oxygen atoms in total. The Balaban J connectivity index is 1.99. The SMILES string of the molecule is CS(=O)(=O)NC[C@H]1CN(c2ccccc2)C(=O)O1. The number of amides is 1. The molecule has 2 rings (SSSR count). The van der Waals surface area contributed by atoms with E-state index in [-0.39, 0.29) is 6.54 Å². The molecule has 1 aliphatic heterocycles. The Hall–Kier alpha value is -1.60. The van der Waals surface area contributed by atoms with E-state index >= 15 is 0 Å². The molecule has 1 aromatic carbocycles. The number of rotatable bonds is 4. The second kappa shape index (κ2) is 4.95. The van der Waals surface area contributed by atoms with E-state index in [4.69, 9.17) is 4.74 Å². The average Bonchev–Trinajstić information content (AvgIpc) is 2.68. The van der Waals surface area contributed by atoms with Crippen LogP contribution < -0.4 is 9.62 Å². The van der Waals surface area contributed by atoms with Crippen LogP contribution in [0.5, 0.6) is 0 Å². The molecule has 0 saturated carbocycles. The Bertz CT molecular complexity index is 529. The smallest absolute Gasteiger partial charge is 0.414 e. The highest BCUT2D eigenvalue weighted by Gasteiger charge is 2.32. The molecule has 1 amide bonds. The average molecular weight is 270 g/mol. The van der Waals surface area contributed by atoms with E-state index < -0.39 is 22.2 Å². The van der Waals surface area contributed by atoms with Gasteiger partial charge in [0.1, 0.15) is 6.10 Å². The summed E-state index contributed by atoms with van der Waals surface area (Å²) in [6.45, 7) is 0.430. The zero-order chi connectivity index (χ0) is 13.2. The van der Waals surface area contributed by atoms with Crippen molar-refractivity contribution in [3.8, 4) is 0 Å². The summed E-state index contributed by atoms with van der Waals surface area (Å²) in [6, 6.07) is 9.10. The molecule has 0 bridgehead atoms. The summed E-state index contributed by atoms with van der Waals surface area (Å²) in [5, 5.41) is 0. The molecule has 98 valence electrons. The molecule has 1 aliphatic rings. The molecule has 1 atom stereocenters. The van der Waals surface area contributed by atoms with Gasteiger partial charge in [-0.15, -0.1) is 0 Å². The maximum atomic E-state index is 11.6. The maximum absolute atomic E-state index is 11.6. The minimum Gasteiger partial charge on any atom is -0.443 e. The van der Waals surface area contributed by atoms with Crippen LogP contribution in [0.25, 0.3) is 0 Å². The van der Waals surface area contributed by atoms with Crippen LogP contribution in [0.3, 0.4) is 0 Å². The molecular formula is C11H14N2O4S. The van der Waals surface area contributed by atoms with E-state index in [2.05, 4.69) is 4.72 Å². The molecule has 0 aromatic heterocycles. The zero-order valence-corrected chi connectivity index (χ0v) is 10.7. The Morgan fingerprint density at radius 2 is 2.06 bits per heavy atom. The van der Waals surface area contributed by atoms with Gasteiger partial charge in [0.25, 0.3) is 0 Å². The molecule has 1 aromatic rings. The van der Waals surface area contributed by atoms with Gasteiger partial charge >= 0.3 is 6.09 Å². The summed E-state index contributed by atoms with van der Waals surface area (Å²) in [7, 11) is -3.27. The minimum atomic E-state index is -3.27. The molecule has 1 fully saturated rings. The highest BCUT2D eigenvalue weighted by Crippen LogP contribution is 2.20. The van der Waals surface area contributed by atoms with Gasteiger partial charge in [0.15, 0.2) is 0 Å². The number of hydrogen-bond acceptors (Lipinski definition) is 4. The van der Waals surface area contributed by atoms with Crippen molar-refractivity contribution >= 4 is 21.8 Å². The van der Waals surface area contributed by atoms with Crippen molar-refractivity contribution in [1.82, 2.24) is 4.72 Å². The van der Waals surface area contributed by atoms with E-state index in [1.165, 1.54) is 4.90 Å². The van der Waals surface area contributed by atoms with E-state index in [1.807, 2.05) is 18.2 Å². The molecule has 18 heavy (non-hydrogen) atoms. The number of nitrogens with one attached hydrogen (secondary N) is 1. The van der Waals surface area contributed by atoms with Crippen LogP contribution in [0, 0.1) is 0 Å². The first-order valence-corrected chi connectivity index (χ1v) is 7.33. The number of para-hydroxylation sites is 1. The van der Waals surface area contributed by atoms with Crippen LogP contribution in [0.15, 0.2) is 30.3 Å². The number of carbonyl (C=O) groups excluding carboxylic acids is 1. The summed E-state index contributed by atoms with van der Waals surface area (Å²) < 4.78 is 29.3. The van der Waals surface area contributed by atoms with Crippen LogP contribution in [0.2, 0.25) is 0 Å². The van der Waals surface area contributed by atoms with E-state index in [1.54, 1.807) is 12.1 Å². The third kappa shape index (κ3) is 3.21. The number of ether oxygens (including phenoxy) is 1. The van der Waals surface area contributed by atoms with Gasteiger partial charge in [-0.05, 0) is 12.1 Å². The second-order valence-electron chi connectivity index (χ2n) is 4.07. The summed E-state index contributed by atoms with van der Waals surface area (Å²) in [4.78, 5) is 13.1. The lowest BCUT2D eigenvalue weighted by Gasteiger charge is -2.12. The van der Waals surface area contributed by atoms with Crippen LogP contribution in [-0.4, -0.2) is 40.0 Å². The predicted molar refractivity (Wildman–Crippen MR) is 66.9 cm³/mol. The number of benzene rings is 1. The fourth-order valence-corrected chi connectivity index (χ4v) is 2.18. The monoisotopic (exact) mass is 270 g/mol. The standard InChI is InChI=1S/C11H14N2O4S/c1-18(15,16)12-7-10-8-13(11(14)17-10)9-5-3-2-4-6-9/h2-6,10,12H,7-8H2,1H3/t10-/m0/s1. The van der Waals surface area contributed by atoms with Gasteiger partial charge in [-0.1, -0.05) is 18.2 Å². The fourth-order valence-electron chi connectivity index (χ4n) is 1.69. The topological polar surface area (TPSA) is 75.7 Å². The summed E-state index contributed by atoms with van der Waals surface area (Å²) in [5.41, 5.74) is 0.740. The first-order valence-electron chi connectivity index (χ1n) is 5.43. The number of sulfonamides is 1. The van der Waals surface area contributed by atoms with Crippen LogP contribution in [0.1, 0.15) is 0 Å². The lowest BCUT2D eigenvalue weighted by Crippen LogP contribution is -2.33. The Labute approximate surface area is 106 Å². The third-order valence-electron chi connectivity index (χ3n) is 2.52. The molecule has 0 unspecified atom stereocenters. The molecule has 1 heterocycles. The zero-order valence-electron chi connectivity index (χ0n) is 9.87. The van der Waals surface area contributed by atoms with Gasteiger partial charge in [0.05, 0.1) is 12.8 Å². The van der Waals surface area contributed by atoms with Crippen LogP contribution in [-0.2, 0) is 14.8 Å². The van der Waals surface area contributed by atoms with Gasteiger partial charge in [-0.3, -0.25) is 4.90 Å². The van der Waals surface area contributed by atoms with E-state index in [0.717, 1.165) is 11.9 Å². The van der Waals surface area contributed by atoms with Crippen molar-refractivity contribution < 1.29 is 17.9 Å². The summed E-state index contributed by atoms with van der Waals surface area (Å²) in [6.07, 6.45) is 0.146. The maximum Gasteiger partial charge on any atom is 0.414 e.